The lowest BCUT2D eigenvalue weighted by Gasteiger charge is -2.19. The minimum absolute atomic E-state index is 0.249. The summed E-state index contributed by atoms with van der Waals surface area (Å²) in [5, 5.41) is 9.82. The molecule has 0 aliphatic heterocycles. The van der Waals surface area contributed by atoms with Crippen LogP contribution in [0.2, 0.25) is 0 Å². The molecule has 0 bridgehead atoms. The van der Waals surface area contributed by atoms with Crippen LogP contribution >= 0.6 is 15.9 Å². The van der Waals surface area contributed by atoms with Crippen LogP contribution in [0, 0.1) is 11.7 Å². The van der Waals surface area contributed by atoms with E-state index >= 15 is 0 Å². The summed E-state index contributed by atoms with van der Waals surface area (Å²) in [5.41, 5.74) is 6.22. The summed E-state index contributed by atoms with van der Waals surface area (Å²) in [7, 11) is 0. The number of hydrogen-bond acceptors (Lipinski definition) is 2. The van der Waals surface area contributed by atoms with Gasteiger partial charge in [-0.05, 0) is 40.8 Å². The van der Waals surface area contributed by atoms with E-state index in [1.165, 1.54) is 0 Å². The number of halogens is 2. The number of nitrogens with two attached hydrogens (primary N) is 1. The fourth-order valence-electron chi connectivity index (χ4n) is 1.69. The highest BCUT2D eigenvalue weighted by Gasteiger charge is 2.35. The molecule has 0 unspecified atom stereocenters. The molecule has 3 N–H and O–H groups in total. The molecule has 1 saturated carbocycles. The van der Waals surface area contributed by atoms with Crippen LogP contribution in [0.4, 0.5) is 4.39 Å². The summed E-state index contributed by atoms with van der Waals surface area (Å²) < 4.78 is 14.0. The molecule has 1 aromatic rings. The molecule has 2 atom stereocenters. The minimum atomic E-state index is -0.631. The average Bonchev–Trinajstić information content (AvgIpc) is 3.03. The second kappa shape index (κ2) is 4.20. The van der Waals surface area contributed by atoms with Crippen molar-refractivity contribution in [3.8, 4) is 0 Å². The summed E-state index contributed by atoms with van der Waals surface area (Å²) in [6.45, 7) is 0. The number of aliphatic hydroxyl groups is 1. The predicted octanol–water partition coefficient (Wildman–Crippen LogP) is 2.36. The van der Waals surface area contributed by atoms with Gasteiger partial charge in [0.1, 0.15) is 5.82 Å². The highest BCUT2D eigenvalue weighted by Crippen LogP contribution is 2.38. The summed E-state index contributed by atoms with van der Waals surface area (Å²) in [6, 6.07) is 4.34. The summed E-state index contributed by atoms with van der Waals surface area (Å²) >= 11 is 3.10. The van der Waals surface area contributed by atoms with Crippen molar-refractivity contribution in [1.82, 2.24) is 0 Å². The summed E-state index contributed by atoms with van der Waals surface area (Å²) in [4.78, 5) is 0. The van der Waals surface area contributed by atoms with E-state index in [4.69, 9.17) is 5.73 Å². The molecule has 1 aliphatic carbocycles. The molecule has 82 valence electrons. The van der Waals surface area contributed by atoms with Crippen molar-refractivity contribution in [2.75, 3.05) is 0 Å². The Morgan fingerprint density at radius 3 is 2.73 bits per heavy atom. The van der Waals surface area contributed by atoms with E-state index in [2.05, 4.69) is 15.9 Å². The Kier molecular flexibility index (Phi) is 3.09. The summed E-state index contributed by atoms with van der Waals surface area (Å²) in [6.07, 6.45) is 1.35. The molecule has 2 nitrogen and oxygen atoms in total. The molecule has 1 aliphatic rings. The maximum atomic E-state index is 13.7. The molecule has 1 aromatic carbocycles. The largest absolute Gasteiger partial charge is 0.391 e. The van der Waals surface area contributed by atoms with Crippen molar-refractivity contribution in [3.63, 3.8) is 0 Å². The van der Waals surface area contributed by atoms with Crippen LogP contribution < -0.4 is 5.73 Å². The molecule has 4 heteroatoms. The van der Waals surface area contributed by atoms with Crippen molar-refractivity contribution in [3.05, 3.63) is 34.1 Å². The lowest BCUT2D eigenvalue weighted by molar-refractivity contribution is 0.121. The Hall–Kier alpha value is -0.450. The zero-order chi connectivity index (χ0) is 11.0. The van der Waals surface area contributed by atoms with Gasteiger partial charge in [0, 0.05) is 5.56 Å². The molecule has 0 radical (unpaired) electrons. The Bertz CT molecular complexity index is 368. The quantitative estimate of drug-likeness (QED) is 0.888. The molecule has 2 rings (SSSR count). The molecule has 0 saturated heterocycles. The van der Waals surface area contributed by atoms with Crippen LogP contribution in [-0.4, -0.2) is 11.2 Å². The van der Waals surface area contributed by atoms with Crippen LogP contribution in [-0.2, 0) is 0 Å². The second-order valence-electron chi connectivity index (χ2n) is 4.00. The van der Waals surface area contributed by atoms with Gasteiger partial charge >= 0.3 is 0 Å². The first kappa shape index (κ1) is 11.0. The van der Waals surface area contributed by atoms with E-state index in [1.807, 2.05) is 0 Å². The smallest absolute Gasteiger partial charge is 0.142 e. The van der Waals surface area contributed by atoms with Crippen LogP contribution in [0.5, 0.6) is 0 Å². The number of aliphatic hydroxyl groups excluding tert-OH is 1. The molecule has 0 spiro atoms. The first-order chi connectivity index (χ1) is 7.11. The molecular formula is C11H13BrFNO. The predicted molar refractivity (Wildman–Crippen MR) is 59.8 cm³/mol. The van der Waals surface area contributed by atoms with Crippen LogP contribution in [0.25, 0.3) is 0 Å². The zero-order valence-electron chi connectivity index (χ0n) is 8.16. The van der Waals surface area contributed by atoms with Crippen molar-refractivity contribution in [2.45, 2.75) is 25.0 Å². The van der Waals surface area contributed by atoms with Gasteiger partial charge in [-0.25, -0.2) is 4.39 Å². The second-order valence-corrected chi connectivity index (χ2v) is 4.85. The van der Waals surface area contributed by atoms with Gasteiger partial charge in [-0.15, -0.1) is 0 Å². The Labute approximate surface area is 96.4 Å². The third kappa shape index (κ3) is 2.22. The lowest BCUT2D eigenvalue weighted by atomic mass is 9.99. The molecule has 1 fully saturated rings. The fraction of sp³-hybridized carbons (Fsp3) is 0.455. The van der Waals surface area contributed by atoms with E-state index in [1.54, 1.807) is 18.2 Å². The Morgan fingerprint density at radius 1 is 1.47 bits per heavy atom. The monoisotopic (exact) mass is 273 g/mol. The van der Waals surface area contributed by atoms with Crippen LogP contribution in [0.15, 0.2) is 22.7 Å². The van der Waals surface area contributed by atoms with Crippen LogP contribution in [0.3, 0.4) is 0 Å². The molecular weight excluding hydrogens is 261 g/mol. The maximum Gasteiger partial charge on any atom is 0.142 e. The number of rotatable bonds is 3. The highest BCUT2D eigenvalue weighted by atomic mass is 79.9. The standard InChI is InChI=1S/C11H13BrFNO/c12-8-3-1-2-7(9(8)13)10(14)11(15)6-4-5-6/h1-3,6,10-11,15H,4-5,14H2/t10-,11+/m0/s1. The summed E-state index contributed by atoms with van der Waals surface area (Å²) in [5.74, 6) is -0.122. The van der Waals surface area contributed by atoms with E-state index < -0.39 is 12.1 Å². The Balaban J connectivity index is 2.24. The average molecular weight is 274 g/mol. The number of hydrogen-bond donors (Lipinski definition) is 2. The third-order valence-electron chi connectivity index (χ3n) is 2.81. The third-order valence-corrected chi connectivity index (χ3v) is 3.43. The van der Waals surface area contributed by atoms with Gasteiger partial charge in [0.2, 0.25) is 0 Å². The van der Waals surface area contributed by atoms with Gasteiger partial charge in [-0.2, -0.15) is 0 Å². The zero-order valence-corrected chi connectivity index (χ0v) is 9.74. The van der Waals surface area contributed by atoms with Crippen LogP contribution in [0.1, 0.15) is 24.4 Å². The van der Waals surface area contributed by atoms with Gasteiger partial charge in [-0.3, -0.25) is 0 Å². The normalized spacial score (nSPS) is 20.0. The van der Waals surface area contributed by atoms with Gasteiger partial charge in [0.05, 0.1) is 16.6 Å². The molecule has 0 aromatic heterocycles. The molecule has 15 heavy (non-hydrogen) atoms. The van der Waals surface area contributed by atoms with Crippen molar-refractivity contribution in [2.24, 2.45) is 11.7 Å². The van der Waals surface area contributed by atoms with Gasteiger partial charge in [0.15, 0.2) is 0 Å². The van der Waals surface area contributed by atoms with E-state index in [9.17, 15) is 9.50 Å². The first-order valence-electron chi connectivity index (χ1n) is 4.99. The van der Waals surface area contributed by atoms with Gasteiger partial charge in [-0.1, -0.05) is 12.1 Å². The first-order valence-corrected chi connectivity index (χ1v) is 5.78. The van der Waals surface area contributed by atoms with E-state index in [-0.39, 0.29) is 11.7 Å². The van der Waals surface area contributed by atoms with Gasteiger partial charge < -0.3 is 10.8 Å². The molecule has 0 heterocycles. The molecule has 0 amide bonds. The maximum absolute atomic E-state index is 13.7. The Morgan fingerprint density at radius 2 is 2.13 bits per heavy atom. The van der Waals surface area contributed by atoms with Gasteiger partial charge in [0.25, 0.3) is 0 Å². The van der Waals surface area contributed by atoms with Crippen molar-refractivity contribution >= 4 is 15.9 Å². The van der Waals surface area contributed by atoms with Crippen molar-refractivity contribution < 1.29 is 9.50 Å². The lowest BCUT2D eigenvalue weighted by Crippen LogP contribution is -2.28. The van der Waals surface area contributed by atoms with Crippen molar-refractivity contribution in [1.29, 1.82) is 0 Å². The minimum Gasteiger partial charge on any atom is -0.391 e. The van der Waals surface area contributed by atoms with E-state index in [0.29, 0.717) is 10.0 Å². The SMILES string of the molecule is N[C@@H](c1cccc(Br)c1F)[C@H](O)C1CC1. The fourth-order valence-corrected chi connectivity index (χ4v) is 2.07. The number of benzene rings is 1. The van der Waals surface area contributed by atoms with E-state index in [0.717, 1.165) is 12.8 Å². The highest BCUT2D eigenvalue weighted by molar-refractivity contribution is 9.10. The topological polar surface area (TPSA) is 46.2 Å².